The van der Waals surface area contributed by atoms with Crippen molar-refractivity contribution in [3.63, 3.8) is 0 Å². The van der Waals surface area contributed by atoms with Gasteiger partial charge in [0.1, 0.15) is 5.75 Å². The van der Waals surface area contributed by atoms with E-state index < -0.39 is 5.54 Å². The second kappa shape index (κ2) is 8.37. The summed E-state index contributed by atoms with van der Waals surface area (Å²) in [5.74, 6) is 1.37. The Hall–Kier alpha value is -1.10. The van der Waals surface area contributed by atoms with E-state index in [2.05, 4.69) is 19.2 Å². The number of ether oxygens (including phenoxy) is 1. The molecule has 0 radical (unpaired) electrons. The van der Waals surface area contributed by atoms with Crippen LogP contribution >= 0.6 is 0 Å². The first kappa shape index (κ1) is 18.0. The van der Waals surface area contributed by atoms with Crippen molar-refractivity contribution in [2.45, 2.75) is 45.7 Å². The standard InChI is InChI=1S/C17H29NO3/c1-5-17(11-19,12-20)18-14(4)15-6-8-16(9-7-15)21-10-13(2)3/h6-9,13-14,18-20H,5,10-12H2,1-4H3. The summed E-state index contributed by atoms with van der Waals surface area (Å²) >= 11 is 0. The SMILES string of the molecule is CCC(CO)(CO)NC(C)c1ccc(OCC(C)C)cc1. The second-order valence-corrected chi connectivity index (χ2v) is 6.09. The minimum Gasteiger partial charge on any atom is -0.493 e. The molecule has 0 saturated heterocycles. The summed E-state index contributed by atoms with van der Waals surface area (Å²) in [5.41, 5.74) is 0.471. The minimum absolute atomic E-state index is 0.0448. The van der Waals surface area contributed by atoms with Gasteiger partial charge in [0.15, 0.2) is 0 Å². The van der Waals surface area contributed by atoms with E-state index in [1.54, 1.807) is 0 Å². The van der Waals surface area contributed by atoms with E-state index in [0.717, 1.165) is 11.3 Å². The van der Waals surface area contributed by atoms with Crippen LogP contribution in [0.4, 0.5) is 0 Å². The number of rotatable bonds is 9. The smallest absolute Gasteiger partial charge is 0.119 e. The molecule has 1 aromatic rings. The van der Waals surface area contributed by atoms with Crippen LogP contribution in [0.25, 0.3) is 0 Å². The monoisotopic (exact) mass is 295 g/mol. The highest BCUT2D eigenvalue weighted by molar-refractivity contribution is 5.29. The van der Waals surface area contributed by atoms with Gasteiger partial charge in [-0.25, -0.2) is 0 Å². The third-order valence-electron chi connectivity index (χ3n) is 3.77. The predicted molar refractivity (Wildman–Crippen MR) is 85.5 cm³/mol. The molecule has 0 spiro atoms. The number of hydrogen-bond donors (Lipinski definition) is 3. The summed E-state index contributed by atoms with van der Waals surface area (Å²) in [4.78, 5) is 0. The van der Waals surface area contributed by atoms with E-state index in [4.69, 9.17) is 4.74 Å². The van der Waals surface area contributed by atoms with E-state index in [-0.39, 0.29) is 19.3 Å². The van der Waals surface area contributed by atoms with Gasteiger partial charge in [-0.3, -0.25) is 0 Å². The lowest BCUT2D eigenvalue weighted by atomic mass is 9.95. The highest BCUT2D eigenvalue weighted by Gasteiger charge is 2.28. The Labute approximate surface area is 128 Å². The predicted octanol–water partition coefficient (Wildman–Crippen LogP) is 2.51. The third-order valence-corrected chi connectivity index (χ3v) is 3.77. The Morgan fingerprint density at radius 2 is 1.67 bits per heavy atom. The molecule has 3 N–H and O–H groups in total. The first-order valence-electron chi connectivity index (χ1n) is 7.68. The Bertz CT molecular complexity index is 391. The Morgan fingerprint density at radius 3 is 2.10 bits per heavy atom. The summed E-state index contributed by atoms with van der Waals surface area (Å²) in [5, 5.41) is 22.3. The normalized spacial score (nSPS) is 13.5. The summed E-state index contributed by atoms with van der Waals surface area (Å²) in [6, 6.07) is 8.00. The van der Waals surface area contributed by atoms with Gasteiger partial charge in [0.25, 0.3) is 0 Å². The van der Waals surface area contributed by atoms with E-state index >= 15 is 0 Å². The quantitative estimate of drug-likeness (QED) is 0.655. The molecule has 0 aromatic heterocycles. The Kier molecular flexibility index (Phi) is 7.15. The molecule has 1 aromatic carbocycles. The highest BCUT2D eigenvalue weighted by Crippen LogP contribution is 2.21. The summed E-state index contributed by atoms with van der Waals surface area (Å²) in [6.45, 7) is 8.76. The van der Waals surface area contributed by atoms with Crippen LogP contribution in [0.1, 0.15) is 45.7 Å². The molecular weight excluding hydrogens is 266 g/mol. The molecule has 21 heavy (non-hydrogen) atoms. The molecule has 0 aliphatic heterocycles. The van der Waals surface area contributed by atoms with Crippen LogP contribution in [0.5, 0.6) is 5.75 Å². The fourth-order valence-corrected chi connectivity index (χ4v) is 2.13. The zero-order valence-corrected chi connectivity index (χ0v) is 13.6. The summed E-state index contributed by atoms with van der Waals surface area (Å²) < 4.78 is 5.67. The molecule has 4 nitrogen and oxygen atoms in total. The van der Waals surface area contributed by atoms with Crippen molar-refractivity contribution in [2.75, 3.05) is 19.8 Å². The van der Waals surface area contributed by atoms with Gasteiger partial charge in [-0.15, -0.1) is 0 Å². The van der Waals surface area contributed by atoms with Crippen molar-refractivity contribution in [1.29, 1.82) is 0 Å². The zero-order chi connectivity index (χ0) is 15.9. The molecular formula is C17H29NO3. The minimum atomic E-state index is -0.633. The van der Waals surface area contributed by atoms with Crippen LogP contribution in [0.3, 0.4) is 0 Å². The lowest BCUT2D eigenvalue weighted by Crippen LogP contribution is -2.52. The van der Waals surface area contributed by atoms with Crippen molar-refractivity contribution in [3.05, 3.63) is 29.8 Å². The van der Waals surface area contributed by atoms with Crippen LogP contribution in [0.15, 0.2) is 24.3 Å². The molecule has 0 heterocycles. The number of aliphatic hydroxyl groups is 2. The van der Waals surface area contributed by atoms with Crippen LogP contribution in [0.2, 0.25) is 0 Å². The van der Waals surface area contributed by atoms with Crippen LogP contribution in [-0.4, -0.2) is 35.6 Å². The van der Waals surface area contributed by atoms with Gasteiger partial charge in [-0.2, -0.15) is 0 Å². The molecule has 0 fully saturated rings. The first-order chi connectivity index (χ1) is 9.96. The maximum Gasteiger partial charge on any atom is 0.119 e. The van der Waals surface area contributed by atoms with Gasteiger partial charge in [-0.1, -0.05) is 32.9 Å². The fourth-order valence-electron chi connectivity index (χ4n) is 2.13. The van der Waals surface area contributed by atoms with Gasteiger partial charge in [0.2, 0.25) is 0 Å². The maximum atomic E-state index is 9.50. The van der Waals surface area contributed by atoms with E-state index in [1.165, 1.54) is 0 Å². The Balaban J connectivity index is 2.68. The molecule has 0 aliphatic rings. The molecule has 0 amide bonds. The summed E-state index contributed by atoms with van der Waals surface area (Å²) in [7, 11) is 0. The zero-order valence-electron chi connectivity index (χ0n) is 13.6. The van der Waals surface area contributed by atoms with Crippen molar-refractivity contribution in [1.82, 2.24) is 5.32 Å². The largest absolute Gasteiger partial charge is 0.493 e. The Morgan fingerprint density at radius 1 is 1.10 bits per heavy atom. The van der Waals surface area contributed by atoms with E-state index in [9.17, 15) is 10.2 Å². The van der Waals surface area contributed by atoms with Gasteiger partial charge < -0.3 is 20.3 Å². The third kappa shape index (κ3) is 5.30. The lowest BCUT2D eigenvalue weighted by molar-refractivity contribution is 0.0793. The number of hydrogen-bond acceptors (Lipinski definition) is 4. The average molecular weight is 295 g/mol. The lowest BCUT2D eigenvalue weighted by Gasteiger charge is -2.33. The first-order valence-corrected chi connectivity index (χ1v) is 7.68. The van der Waals surface area contributed by atoms with Crippen LogP contribution < -0.4 is 10.1 Å². The summed E-state index contributed by atoms with van der Waals surface area (Å²) in [6.07, 6.45) is 0.667. The molecule has 4 heteroatoms. The van der Waals surface area contributed by atoms with Crippen LogP contribution in [0, 0.1) is 5.92 Å². The topological polar surface area (TPSA) is 61.7 Å². The van der Waals surface area contributed by atoms with Gasteiger partial charge in [0, 0.05) is 6.04 Å². The van der Waals surface area contributed by atoms with Crippen LogP contribution in [-0.2, 0) is 0 Å². The van der Waals surface area contributed by atoms with E-state index in [0.29, 0.717) is 18.9 Å². The van der Waals surface area contributed by atoms with E-state index in [1.807, 2.05) is 38.1 Å². The highest BCUT2D eigenvalue weighted by atomic mass is 16.5. The van der Waals surface area contributed by atoms with Crippen molar-refractivity contribution in [2.24, 2.45) is 5.92 Å². The molecule has 0 aliphatic carbocycles. The number of nitrogens with one attached hydrogen (secondary N) is 1. The number of benzene rings is 1. The molecule has 120 valence electrons. The van der Waals surface area contributed by atoms with Gasteiger partial charge in [0.05, 0.1) is 25.4 Å². The molecule has 1 rings (SSSR count). The second-order valence-electron chi connectivity index (χ2n) is 6.09. The van der Waals surface area contributed by atoms with Crippen molar-refractivity contribution >= 4 is 0 Å². The molecule has 1 atom stereocenters. The van der Waals surface area contributed by atoms with Crippen molar-refractivity contribution < 1.29 is 14.9 Å². The molecule has 0 bridgehead atoms. The van der Waals surface area contributed by atoms with Crippen molar-refractivity contribution in [3.8, 4) is 5.75 Å². The fraction of sp³-hybridized carbons (Fsp3) is 0.647. The maximum absolute atomic E-state index is 9.50. The molecule has 1 unspecified atom stereocenters. The average Bonchev–Trinajstić information content (AvgIpc) is 2.51. The van der Waals surface area contributed by atoms with Gasteiger partial charge in [-0.05, 0) is 37.0 Å². The molecule has 0 saturated carbocycles. The number of aliphatic hydroxyl groups excluding tert-OH is 2. The van der Waals surface area contributed by atoms with Gasteiger partial charge >= 0.3 is 0 Å².